The van der Waals surface area contributed by atoms with E-state index >= 15 is 0 Å². The molecule has 0 spiro atoms. The minimum atomic E-state index is -0.189. The predicted molar refractivity (Wildman–Crippen MR) is 119 cm³/mol. The van der Waals surface area contributed by atoms with Crippen molar-refractivity contribution >= 4 is 16.9 Å². The van der Waals surface area contributed by atoms with Gasteiger partial charge in [-0.25, -0.2) is 4.98 Å². The van der Waals surface area contributed by atoms with Gasteiger partial charge in [0.1, 0.15) is 5.82 Å². The Morgan fingerprint density at radius 3 is 2.68 bits per heavy atom. The number of carbonyl (C=O) groups excluding carboxylic acids is 1. The Labute approximate surface area is 180 Å². The number of aromatic amines is 1. The monoisotopic (exact) mass is 412 g/mol. The fraction of sp³-hybridized carbons (Fsp3) is 0.250. The minimum absolute atomic E-state index is 0.0759. The number of rotatable bonds is 3. The Morgan fingerprint density at radius 2 is 1.90 bits per heavy atom. The molecule has 1 amide bonds. The summed E-state index contributed by atoms with van der Waals surface area (Å²) >= 11 is 0. The molecule has 0 aliphatic carbocycles. The highest BCUT2D eigenvalue weighted by atomic mass is 16.2. The lowest BCUT2D eigenvalue weighted by Crippen LogP contribution is -2.32. The highest BCUT2D eigenvalue weighted by Gasteiger charge is 2.36. The molecular formula is C24H24N6O. The van der Waals surface area contributed by atoms with E-state index in [1.165, 1.54) is 10.4 Å². The highest BCUT2D eigenvalue weighted by Crippen LogP contribution is 2.36. The van der Waals surface area contributed by atoms with Gasteiger partial charge < -0.3 is 9.88 Å². The zero-order valence-electron chi connectivity index (χ0n) is 17.9. The SMILES string of the molecule is C=C1C[C@@H](c2nc3c(C)c(C)ccc3[nH]2)N(C(=O)c2cc(C)ccc2-n2nccn2)C1. The number of amides is 1. The topological polar surface area (TPSA) is 79.7 Å². The molecule has 0 unspecified atom stereocenters. The Bertz CT molecular complexity index is 1320. The molecule has 1 saturated heterocycles. The lowest BCUT2D eigenvalue weighted by molar-refractivity contribution is 0.0732. The third kappa shape index (κ3) is 3.22. The lowest BCUT2D eigenvalue weighted by atomic mass is 10.1. The van der Waals surface area contributed by atoms with Crippen LogP contribution in [-0.2, 0) is 0 Å². The first-order valence-electron chi connectivity index (χ1n) is 10.3. The number of fused-ring (bicyclic) bond motifs is 1. The number of nitrogens with zero attached hydrogens (tertiary/aromatic N) is 5. The highest BCUT2D eigenvalue weighted by molar-refractivity contribution is 5.98. The fourth-order valence-corrected chi connectivity index (χ4v) is 4.24. The molecule has 0 bridgehead atoms. The van der Waals surface area contributed by atoms with E-state index in [1.807, 2.05) is 36.1 Å². The molecule has 31 heavy (non-hydrogen) atoms. The summed E-state index contributed by atoms with van der Waals surface area (Å²) in [7, 11) is 0. The first-order valence-corrected chi connectivity index (χ1v) is 10.3. The van der Waals surface area contributed by atoms with E-state index in [1.54, 1.807) is 12.4 Å². The summed E-state index contributed by atoms with van der Waals surface area (Å²) in [5.41, 5.74) is 7.54. The van der Waals surface area contributed by atoms with E-state index < -0.39 is 0 Å². The molecular weight excluding hydrogens is 388 g/mol. The molecule has 2 aromatic carbocycles. The van der Waals surface area contributed by atoms with Crippen molar-refractivity contribution < 1.29 is 4.79 Å². The van der Waals surface area contributed by atoms with Crippen LogP contribution in [0.25, 0.3) is 16.7 Å². The molecule has 2 aromatic heterocycles. The number of likely N-dealkylation sites (tertiary alicyclic amines) is 1. The third-order valence-electron chi connectivity index (χ3n) is 6.04. The van der Waals surface area contributed by atoms with Crippen molar-refractivity contribution in [3.8, 4) is 5.69 Å². The molecule has 1 N–H and O–H groups in total. The smallest absolute Gasteiger partial charge is 0.257 e. The van der Waals surface area contributed by atoms with Crippen LogP contribution in [0.3, 0.4) is 0 Å². The van der Waals surface area contributed by atoms with E-state index in [0.29, 0.717) is 24.2 Å². The molecule has 5 rings (SSSR count). The molecule has 7 nitrogen and oxygen atoms in total. The first-order chi connectivity index (χ1) is 14.9. The Morgan fingerprint density at radius 1 is 1.13 bits per heavy atom. The number of aryl methyl sites for hydroxylation is 3. The maximum atomic E-state index is 13.8. The number of imidazole rings is 1. The van der Waals surface area contributed by atoms with Gasteiger partial charge in [0.05, 0.1) is 40.7 Å². The number of benzene rings is 2. The largest absolute Gasteiger partial charge is 0.340 e. The van der Waals surface area contributed by atoms with Crippen molar-refractivity contribution in [2.75, 3.05) is 6.54 Å². The third-order valence-corrected chi connectivity index (χ3v) is 6.04. The summed E-state index contributed by atoms with van der Waals surface area (Å²) < 4.78 is 0. The van der Waals surface area contributed by atoms with Crippen LogP contribution in [0.1, 0.15) is 45.3 Å². The van der Waals surface area contributed by atoms with Crippen LogP contribution in [-0.4, -0.2) is 42.3 Å². The van der Waals surface area contributed by atoms with Crippen LogP contribution in [0.2, 0.25) is 0 Å². The van der Waals surface area contributed by atoms with Gasteiger partial charge in [0.25, 0.3) is 5.91 Å². The average molecular weight is 412 g/mol. The van der Waals surface area contributed by atoms with Gasteiger partial charge in [-0.2, -0.15) is 15.0 Å². The quantitative estimate of drug-likeness (QED) is 0.511. The Hall–Kier alpha value is -3.74. The van der Waals surface area contributed by atoms with E-state index in [0.717, 1.165) is 33.6 Å². The second-order valence-electron chi connectivity index (χ2n) is 8.27. The maximum Gasteiger partial charge on any atom is 0.257 e. The molecule has 0 radical (unpaired) electrons. The van der Waals surface area contributed by atoms with Crippen LogP contribution in [0, 0.1) is 20.8 Å². The molecule has 1 aliphatic heterocycles. The van der Waals surface area contributed by atoms with Crippen LogP contribution >= 0.6 is 0 Å². The molecule has 156 valence electrons. The number of hydrogen-bond acceptors (Lipinski definition) is 4. The van der Waals surface area contributed by atoms with Crippen molar-refractivity contribution in [1.82, 2.24) is 29.9 Å². The van der Waals surface area contributed by atoms with Gasteiger partial charge in [-0.05, 0) is 56.5 Å². The second-order valence-corrected chi connectivity index (χ2v) is 8.27. The van der Waals surface area contributed by atoms with Crippen LogP contribution in [0.15, 0.2) is 54.9 Å². The number of H-pyrrole nitrogens is 1. The molecule has 1 fully saturated rings. The second kappa shape index (κ2) is 7.19. The maximum absolute atomic E-state index is 13.8. The van der Waals surface area contributed by atoms with Crippen LogP contribution in [0.4, 0.5) is 0 Å². The van der Waals surface area contributed by atoms with Gasteiger partial charge in [0.2, 0.25) is 0 Å². The lowest BCUT2D eigenvalue weighted by Gasteiger charge is -2.24. The fourth-order valence-electron chi connectivity index (χ4n) is 4.24. The Kier molecular flexibility index (Phi) is 4.46. The van der Waals surface area contributed by atoms with Gasteiger partial charge >= 0.3 is 0 Å². The molecule has 7 heteroatoms. The zero-order chi connectivity index (χ0) is 21.7. The number of nitrogens with one attached hydrogen (secondary N) is 1. The van der Waals surface area contributed by atoms with Crippen molar-refractivity contribution in [2.24, 2.45) is 0 Å². The molecule has 1 atom stereocenters. The van der Waals surface area contributed by atoms with Crippen molar-refractivity contribution in [1.29, 1.82) is 0 Å². The zero-order valence-corrected chi connectivity index (χ0v) is 17.9. The van der Waals surface area contributed by atoms with Crippen molar-refractivity contribution in [3.05, 3.63) is 83.0 Å². The number of hydrogen-bond donors (Lipinski definition) is 1. The van der Waals surface area contributed by atoms with Crippen molar-refractivity contribution in [3.63, 3.8) is 0 Å². The van der Waals surface area contributed by atoms with Gasteiger partial charge in [-0.15, -0.1) is 0 Å². The molecule has 4 aromatic rings. The molecule has 1 aliphatic rings. The number of carbonyl (C=O) groups is 1. The normalized spacial score (nSPS) is 16.4. The van der Waals surface area contributed by atoms with Gasteiger partial charge in [0, 0.05) is 6.54 Å². The summed E-state index contributed by atoms with van der Waals surface area (Å²) in [4.78, 5) is 25.4. The summed E-state index contributed by atoms with van der Waals surface area (Å²) in [5.74, 6) is 0.718. The van der Waals surface area contributed by atoms with E-state index in [-0.39, 0.29) is 11.9 Å². The van der Waals surface area contributed by atoms with Gasteiger partial charge in [-0.3, -0.25) is 4.79 Å². The standard InChI is InChI=1S/C24H24N6O/c1-14-5-8-20(30-25-9-10-26-30)18(11-14)24(31)29-13-15(2)12-21(29)23-27-19-7-6-16(3)17(4)22(19)28-23/h5-11,21H,2,12-13H2,1,3-4H3,(H,27,28)/t21-/m0/s1. The van der Waals surface area contributed by atoms with Gasteiger partial charge in [0.15, 0.2) is 0 Å². The first kappa shape index (κ1) is 19.2. The van der Waals surface area contributed by atoms with E-state index in [9.17, 15) is 4.79 Å². The van der Waals surface area contributed by atoms with Crippen LogP contribution < -0.4 is 0 Å². The van der Waals surface area contributed by atoms with Crippen LogP contribution in [0.5, 0.6) is 0 Å². The number of aromatic nitrogens is 5. The summed E-state index contributed by atoms with van der Waals surface area (Å²) in [6.07, 6.45) is 3.89. The summed E-state index contributed by atoms with van der Waals surface area (Å²) in [6, 6.07) is 9.69. The molecule has 3 heterocycles. The Balaban J connectivity index is 1.57. The summed E-state index contributed by atoms with van der Waals surface area (Å²) in [5, 5.41) is 8.45. The summed E-state index contributed by atoms with van der Waals surface area (Å²) in [6.45, 7) is 10.8. The van der Waals surface area contributed by atoms with Gasteiger partial charge in [-0.1, -0.05) is 29.8 Å². The molecule has 0 saturated carbocycles. The van der Waals surface area contributed by atoms with E-state index in [4.69, 9.17) is 4.98 Å². The minimum Gasteiger partial charge on any atom is -0.340 e. The average Bonchev–Trinajstić information content (AvgIpc) is 3.49. The predicted octanol–water partition coefficient (Wildman–Crippen LogP) is 4.21. The van der Waals surface area contributed by atoms with Crippen molar-refractivity contribution in [2.45, 2.75) is 33.2 Å². The van der Waals surface area contributed by atoms with E-state index in [2.05, 4.69) is 41.7 Å².